The number of carbonyl (C=O) groups excluding carboxylic acids is 4. The van der Waals surface area contributed by atoms with Crippen molar-refractivity contribution in [2.75, 3.05) is 38.5 Å². The Balaban J connectivity index is 0.799. The van der Waals surface area contributed by atoms with Gasteiger partial charge < -0.3 is 15.5 Å². The third-order valence-electron chi connectivity index (χ3n) is 14.3. The molecule has 9 rings (SSSR count). The van der Waals surface area contributed by atoms with Crippen LogP contribution in [-0.2, 0) is 29.1 Å². The van der Waals surface area contributed by atoms with E-state index in [1.165, 1.54) is 17.0 Å². The van der Waals surface area contributed by atoms with Crippen LogP contribution < -0.4 is 10.6 Å². The first-order valence-corrected chi connectivity index (χ1v) is 21.8. The number of likely N-dealkylation sites (tertiary alicyclic amines) is 1. The van der Waals surface area contributed by atoms with Crippen LogP contribution >= 0.6 is 0 Å². The van der Waals surface area contributed by atoms with Crippen LogP contribution in [0.25, 0.3) is 6.08 Å². The van der Waals surface area contributed by atoms with Gasteiger partial charge in [-0.15, -0.1) is 0 Å². The van der Waals surface area contributed by atoms with Gasteiger partial charge in [0.05, 0.1) is 23.7 Å². The third kappa shape index (κ3) is 7.32. The highest BCUT2D eigenvalue weighted by Crippen LogP contribution is 2.45. The van der Waals surface area contributed by atoms with Crippen molar-refractivity contribution in [3.8, 4) is 0 Å². The number of benzene rings is 3. The Morgan fingerprint density at radius 1 is 0.952 bits per heavy atom. The van der Waals surface area contributed by atoms with Gasteiger partial charge in [-0.05, 0) is 116 Å². The van der Waals surface area contributed by atoms with Crippen LogP contribution in [0.3, 0.4) is 0 Å². The molecule has 14 heteroatoms. The maximum atomic E-state index is 16.3. The van der Waals surface area contributed by atoms with Crippen LogP contribution in [-0.4, -0.2) is 95.0 Å². The molecule has 5 aliphatic heterocycles. The molecular weight excluding hydrogens is 801 g/mol. The molecule has 1 aliphatic carbocycles. The van der Waals surface area contributed by atoms with Crippen LogP contribution in [0.4, 0.5) is 23.2 Å². The second-order valence-electron chi connectivity index (χ2n) is 18.1. The highest BCUT2D eigenvalue weighted by Gasteiger charge is 2.46. The number of anilines is 1. The van der Waals surface area contributed by atoms with Crippen LogP contribution in [0, 0.1) is 23.5 Å². The summed E-state index contributed by atoms with van der Waals surface area (Å²) in [6.07, 6.45) is 2.70. The number of amides is 4. The largest absolute Gasteiger partial charge is 0.388 e. The van der Waals surface area contributed by atoms with Gasteiger partial charge in [-0.25, -0.2) is 17.6 Å². The Morgan fingerprint density at radius 2 is 1.60 bits per heavy atom. The Hall–Kier alpha value is -5.34. The van der Waals surface area contributed by atoms with E-state index >= 15 is 8.78 Å². The fourth-order valence-corrected chi connectivity index (χ4v) is 11.1. The normalized spacial score (nSPS) is 25.4. The van der Waals surface area contributed by atoms with Crippen LogP contribution in [0.15, 0.2) is 55.3 Å². The van der Waals surface area contributed by atoms with Crippen molar-refractivity contribution in [2.45, 2.75) is 95.4 Å². The zero-order chi connectivity index (χ0) is 43.7. The van der Waals surface area contributed by atoms with Crippen molar-refractivity contribution in [1.29, 1.82) is 0 Å². The maximum Gasteiger partial charge on any atom is 0.262 e. The molecule has 10 nitrogen and oxygen atoms in total. The molecule has 4 amide bonds. The molecule has 1 saturated carbocycles. The smallest absolute Gasteiger partial charge is 0.262 e. The number of fused-ring (bicyclic) bond motifs is 3. The predicted octanol–water partition coefficient (Wildman–Crippen LogP) is 7.39. The lowest BCUT2D eigenvalue weighted by Crippen LogP contribution is -2.55. The summed E-state index contributed by atoms with van der Waals surface area (Å²) in [4.78, 5) is 59.7. The first-order chi connectivity index (χ1) is 29.7. The number of alkyl halides is 2. The van der Waals surface area contributed by atoms with Crippen molar-refractivity contribution in [1.82, 2.24) is 24.9 Å². The third-order valence-corrected chi connectivity index (χ3v) is 14.3. The zero-order valence-corrected chi connectivity index (χ0v) is 35.1. The summed E-state index contributed by atoms with van der Waals surface area (Å²) >= 11 is 0. The topological polar surface area (TPSA) is 105 Å². The number of allylic oxidation sites excluding steroid dienone is 1. The van der Waals surface area contributed by atoms with Gasteiger partial charge in [0.25, 0.3) is 18.2 Å². The number of carbonyl (C=O) groups is 4. The summed E-state index contributed by atoms with van der Waals surface area (Å²) in [5, 5.41) is 5.79. The van der Waals surface area contributed by atoms with Crippen molar-refractivity contribution in [2.24, 2.45) is 11.8 Å². The molecule has 62 heavy (non-hydrogen) atoms. The van der Waals surface area contributed by atoms with Gasteiger partial charge in [-0.3, -0.25) is 33.9 Å². The van der Waals surface area contributed by atoms with Crippen molar-refractivity contribution in [3.63, 3.8) is 0 Å². The second kappa shape index (κ2) is 16.4. The van der Waals surface area contributed by atoms with Gasteiger partial charge in [0.1, 0.15) is 17.7 Å². The Bertz CT molecular complexity index is 2320. The van der Waals surface area contributed by atoms with Crippen LogP contribution in [0.2, 0.25) is 0 Å². The van der Waals surface area contributed by atoms with Gasteiger partial charge in [0.15, 0.2) is 0 Å². The van der Waals surface area contributed by atoms with E-state index < -0.39 is 54.5 Å². The maximum absolute atomic E-state index is 16.3. The number of piperidine rings is 1. The molecule has 3 atom stereocenters. The van der Waals surface area contributed by atoms with E-state index in [0.29, 0.717) is 99.1 Å². The van der Waals surface area contributed by atoms with E-state index in [-0.39, 0.29) is 35.1 Å². The minimum Gasteiger partial charge on any atom is -0.388 e. The highest BCUT2D eigenvalue weighted by molar-refractivity contribution is 6.23. The number of hydrogen-bond acceptors (Lipinski definition) is 7. The zero-order valence-electron chi connectivity index (χ0n) is 35.1. The first kappa shape index (κ1) is 42.0. The monoisotopic (exact) mass is 852 g/mol. The quantitative estimate of drug-likeness (QED) is 0.162. The Kier molecular flexibility index (Phi) is 11.1. The molecule has 326 valence electrons. The van der Waals surface area contributed by atoms with E-state index in [1.807, 2.05) is 11.8 Å². The van der Waals surface area contributed by atoms with Gasteiger partial charge in [-0.1, -0.05) is 25.3 Å². The number of imide groups is 1. The summed E-state index contributed by atoms with van der Waals surface area (Å²) < 4.78 is 60.6. The molecule has 0 aromatic heterocycles. The number of nitrogens with one attached hydrogen (secondary N) is 2. The van der Waals surface area contributed by atoms with Crippen molar-refractivity contribution >= 4 is 35.4 Å². The van der Waals surface area contributed by atoms with E-state index in [4.69, 9.17) is 0 Å². The molecule has 0 spiro atoms. The number of nitrogens with zero attached hydrogens (tertiary/aromatic N) is 4. The lowest BCUT2D eigenvalue weighted by molar-refractivity contribution is -0.143. The van der Waals surface area contributed by atoms with Gasteiger partial charge in [0.2, 0.25) is 11.8 Å². The molecule has 2 N–H and O–H groups in total. The molecule has 3 aromatic carbocycles. The molecule has 3 aromatic rings. The second-order valence-corrected chi connectivity index (χ2v) is 18.1. The van der Waals surface area contributed by atoms with E-state index in [2.05, 4.69) is 28.7 Å². The minimum atomic E-state index is -2.69. The predicted molar refractivity (Wildman–Crippen MR) is 226 cm³/mol. The molecule has 2 saturated heterocycles. The minimum absolute atomic E-state index is 0.107. The summed E-state index contributed by atoms with van der Waals surface area (Å²) in [6.45, 7) is 12.2. The SMILES string of the molecule is C=Cc1c(NC)ccc2c1C[C@@H](C)N(CC(F)F)C2c1c(F)cc(C2CCC(C(=O)N3CC(CN4Cc5cc6c(cc5C4)C(=O)N(C4CCC(=C)NC4=O)C6=O)C3)CC2)cc1F. The molecule has 3 fully saturated rings. The molecule has 0 bridgehead atoms. The van der Waals surface area contributed by atoms with Gasteiger partial charge >= 0.3 is 0 Å². The van der Waals surface area contributed by atoms with E-state index in [1.54, 1.807) is 37.4 Å². The molecule has 6 aliphatic rings. The number of halogens is 4. The summed E-state index contributed by atoms with van der Waals surface area (Å²) in [5.74, 6) is -2.72. The summed E-state index contributed by atoms with van der Waals surface area (Å²) in [7, 11) is 1.77. The molecule has 2 unspecified atom stereocenters. The van der Waals surface area contributed by atoms with Crippen LogP contribution in [0.1, 0.15) is 117 Å². The standard InChI is InChI=1S/C48H52F4N6O4/c1-5-33-35-14-26(3)57(24-42(51)52)44(34(35)11-12-40(33)53-4)43-38(49)17-30(18-39(43)50)28-7-9-29(10-8-28)46(60)56-20-27(21-56)19-55-22-31-15-36-37(16-32(31)23-55)48(62)58(47(36)61)41-13-6-25(2)54-45(41)59/h5,11-12,15-18,26-29,41-42,44,53H,1-2,6-10,13-14,19-24H2,3-4H3,(H,54,59)/t26-,28?,29?,41?,44?/m1/s1. The molecule has 0 radical (unpaired) electrons. The van der Waals surface area contributed by atoms with E-state index in [9.17, 15) is 28.0 Å². The van der Waals surface area contributed by atoms with Crippen molar-refractivity contribution < 1.29 is 36.7 Å². The van der Waals surface area contributed by atoms with Crippen LogP contribution in [0.5, 0.6) is 0 Å². The summed E-state index contributed by atoms with van der Waals surface area (Å²) in [6, 6.07) is 7.60. The fourth-order valence-electron chi connectivity index (χ4n) is 11.1. The number of rotatable bonds is 10. The average molecular weight is 853 g/mol. The highest BCUT2D eigenvalue weighted by atomic mass is 19.3. The van der Waals surface area contributed by atoms with Gasteiger partial charge in [0, 0.05) is 80.2 Å². The van der Waals surface area contributed by atoms with Crippen molar-refractivity contribution in [3.05, 3.63) is 117 Å². The summed E-state index contributed by atoms with van der Waals surface area (Å²) in [5.41, 5.74) is 6.53. The Morgan fingerprint density at radius 3 is 2.18 bits per heavy atom. The lowest BCUT2D eigenvalue weighted by Gasteiger charge is -2.43. The molecule has 5 heterocycles. The first-order valence-electron chi connectivity index (χ1n) is 21.8. The Labute approximate surface area is 359 Å². The fraction of sp³-hybridized carbons (Fsp3) is 0.458. The average Bonchev–Trinajstić information content (AvgIpc) is 3.73. The lowest BCUT2D eigenvalue weighted by atomic mass is 9.76. The van der Waals surface area contributed by atoms with E-state index in [0.717, 1.165) is 39.4 Å². The van der Waals surface area contributed by atoms with Gasteiger partial charge in [-0.2, -0.15) is 0 Å². The molecular formula is C48H52F4N6O4. The number of hydrogen-bond donors (Lipinski definition) is 2.